The fraction of sp³-hybridized carbons (Fsp3) is 0.400. The molecule has 0 aromatic heterocycles. The molecule has 0 aliphatic rings. The molecule has 0 aliphatic carbocycles. The van der Waals surface area contributed by atoms with Gasteiger partial charge in [-0.05, 0) is 6.92 Å². The Kier molecular flexibility index (Phi) is 2.39. The molecule has 0 aliphatic heterocycles. The molecule has 0 fully saturated rings. The Balaban J connectivity index is 4.09. The zero-order chi connectivity index (χ0) is 7.44. The number of rotatable bonds is 2. The van der Waals surface area contributed by atoms with Crippen molar-refractivity contribution in [1.82, 2.24) is 0 Å². The van der Waals surface area contributed by atoms with E-state index in [1.807, 2.05) is 0 Å². The second kappa shape index (κ2) is 2.82. The van der Waals surface area contributed by atoms with E-state index >= 15 is 0 Å². The summed E-state index contributed by atoms with van der Waals surface area (Å²) in [5.74, 6) is -3.65. The van der Waals surface area contributed by atoms with Crippen LogP contribution in [-0.2, 0) is 9.59 Å². The molecule has 1 N–H and O–H groups in total. The Labute approximate surface area is 51.7 Å². The summed E-state index contributed by atoms with van der Waals surface area (Å²) in [5.41, 5.74) is 0. The third-order valence-corrected chi connectivity index (χ3v) is 0.798. The Morgan fingerprint density at radius 2 is 2.11 bits per heavy atom. The van der Waals surface area contributed by atoms with Crippen molar-refractivity contribution in [2.75, 3.05) is 0 Å². The molecule has 0 saturated heterocycles. The molecule has 1 unspecified atom stereocenters. The van der Waals surface area contributed by atoms with Gasteiger partial charge in [-0.2, -0.15) is 5.26 Å². The molecule has 0 saturated carbocycles. The van der Waals surface area contributed by atoms with Gasteiger partial charge in [0.2, 0.25) is 0 Å². The van der Waals surface area contributed by atoms with Gasteiger partial charge < -0.3 is 5.11 Å². The molecule has 0 amide bonds. The predicted octanol–water partition coefficient (Wildman–Crippen LogP) is -0.200. The van der Waals surface area contributed by atoms with Crippen LogP contribution in [0.25, 0.3) is 0 Å². The highest BCUT2D eigenvalue weighted by Crippen LogP contribution is 1.92. The van der Waals surface area contributed by atoms with Gasteiger partial charge in [0.25, 0.3) is 5.78 Å². The smallest absolute Gasteiger partial charge is 0.373 e. The van der Waals surface area contributed by atoms with E-state index < -0.39 is 17.7 Å². The van der Waals surface area contributed by atoms with E-state index in [1.54, 1.807) is 0 Å². The summed E-state index contributed by atoms with van der Waals surface area (Å²) in [4.78, 5) is 20.1. The first-order valence-electron chi connectivity index (χ1n) is 2.26. The lowest BCUT2D eigenvalue weighted by Crippen LogP contribution is -2.19. The molecule has 0 aromatic carbocycles. The van der Waals surface area contributed by atoms with Crippen molar-refractivity contribution in [1.29, 1.82) is 5.26 Å². The molecule has 0 rings (SSSR count). The number of nitrogens with zero attached hydrogens (tertiary/aromatic N) is 1. The molecule has 0 aromatic rings. The number of nitriles is 1. The number of Topliss-reactive ketones (excluding diaryl/α,β-unsaturated/α-hetero) is 1. The number of carbonyl (C=O) groups is 2. The van der Waals surface area contributed by atoms with Crippen molar-refractivity contribution in [3.63, 3.8) is 0 Å². The highest BCUT2D eigenvalue weighted by molar-refractivity contribution is 6.34. The van der Waals surface area contributed by atoms with Crippen molar-refractivity contribution in [3.8, 4) is 6.07 Å². The van der Waals surface area contributed by atoms with E-state index in [-0.39, 0.29) is 0 Å². The minimum atomic E-state index is -1.55. The van der Waals surface area contributed by atoms with E-state index in [1.165, 1.54) is 13.0 Å². The van der Waals surface area contributed by atoms with Crippen LogP contribution >= 0.6 is 0 Å². The topological polar surface area (TPSA) is 78.2 Å². The molecule has 48 valence electrons. The van der Waals surface area contributed by atoms with Gasteiger partial charge in [0.05, 0.1) is 6.07 Å². The standard InChI is InChI=1S/C5H5NO3/c1-3(2-6)4(7)5(8)9/h3H,1H3,(H,8,9). The van der Waals surface area contributed by atoms with Crippen molar-refractivity contribution < 1.29 is 14.7 Å². The van der Waals surface area contributed by atoms with E-state index in [0.29, 0.717) is 0 Å². The molecule has 0 bridgehead atoms. The van der Waals surface area contributed by atoms with Gasteiger partial charge in [0, 0.05) is 0 Å². The molecular weight excluding hydrogens is 122 g/mol. The zero-order valence-corrected chi connectivity index (χ0v) is 4.79. The molecule has 1 atom stereocenters. The van der Waals surface area contributed by atoms with Crippen LogP contribution in [0, 0.1) is 17.2 Å². The van der Waals surface area contributed by atoms with Gasteiger partial charge >= 0.3 is 5.97 Å². The molecular formula is C5H5NO3. The van der Waals surface area contributed by atoms with E-state index in [4.69, 9.17) is 10.4 Å². The maximum absolute atomic E-state index is 10.3. The largest absolute Gasteiger partial charge is 0.475 e. The third kappa shape index (κ3) is 1.91. The summed E-state index contributed by atoms with van der Waals surface area (Å²) >= 11 is 0. The summed E-state index contributed by atoms with van der Waals surface area (Å²) in [7, 11) is 0. The SMILES string of the molecule is CC(C#N)C(=O)C(=O)O. The second-order valence-electron chi connectivity index (χ2n) is 1.52. The molecule has 9 heavy (non-hydrogen) atoms. The van der Waals surface area contributed by atoms with Crippen molar-refractivity contribution in [2.45, 2.75) is 6.92 Å². The lowest BCUT2D eigenvalue weighted by atomic mass is 10.1. The summed E-state index contributed by atoms with van der Waals surface area (Å²) in [6.45, 7) is 1.25. The summed E-state index contributed by atoms with van der Waals surface area (Å²) < 4.78 is 0. The molecule has 0 radical (unpaired) electrons. The minimum Gasteiger partial charge on any atom is -0.475 e. The van der Waals surface area contributed by atoms with E-state index in [0.717, 1.165) is 0 Å². The fourth-order valence-corrected chi connectivity index (χ4v) is 0.244. The number of carbonyl (C=O) groups excluding carboxylic acids is 1. The summed E-state index contributed by atoms with van der Waals surface area (Å²) in [5, 5.41) is 16.0. The van der Waals surface area contributed by atoms with Crippen LogP contribution in [0.3, 0.4) is 0 Å². The molecule has 0 heterocycles. The predicted molar refractivity (Wildman–Crippen MR) is 27.4 cm³/mol. The van der Waals surface area contributed by atoms with Crippen LogP contribution in [0.5, 0.6) is 0 Å². The number of ketones is 1. The van der Waals surface area contributed by atoms with Crippen LogP contribution < -0.4 is 0 Å². The first kappa shape index (κ1) is 7.63. The lowest BCUT2D eigenvalue weighted by molar-refractivity contribution is -0.150. The average molecular weight is 127 g/mol. The molecule has 4 nitrogen and oxygen atoms in total. The van der Waals surface area contributed by atoms with Crippen LogP contribution in [-0.4, -0.2) is 16.9 Å². The zero-order valence-electron chi connectivity index (χ0n) is 4.79. The van der Waals surface area contributed by atoms with E-state index in [2.05, 4.69) is 0 Å². The first-order valence-corrected chi connectivity index (χ1v) is 2.26. The van der Waals surface area contributed by atoms with Crippen molar-refractivity contribution in [2.24, 2.45) is 5.92 Å². The molecule has 4 heteroatoms. The fourth-order valence-electron chi connectivity index (χ4n) is 0.244. The number of hydrogen-bond acceptors (Lipinski definition) is 3. The van der Waals surface area contributed by atoms with Crippen LogP contribution in [0.2, 0.25) is 0 Å². The van der Waals surface area contributed by atoms with Gasteiger partial charge in [0.1, 0.15) is 5.92 Å². The highest BCUT2D eigenvalue weighted by atomic mass is 16.4. The number of carboxylic acid groups (broad SMARTS) is 1. The van der Waals surface area contributed by atoms with E-state index in [9.17, 15) is 9.59 Å². The number of carboxylic acids is 1. The van der Waals surface area contributed by atoms with Crippen LogP contribution in [0.1, 0.15) is 6.92 Å². The third-order valence-electron chi connectivity index (χ3n) is 0.798. The number of hydrogen-bond donors (Lipinski definition) is 1. The van der Waals surface area contributed by atoms with Crippen LogP contribution in [0.15, 0.2) is 0 Å². The summed E-state index contributed by atoms with van der Waals surface area (Å²) in [6, 6.07) is 1.52. The van der Waals surface area contributed by atoms with Gasteiger partial charge in [-0.15, -0.1) is 0 Å². The average Bonchev–Trinajstić information content (AvgIpc) is 1.84. The van der Waals surface area contributed by atoms with Gasteiger partial charge in [0.15, 0.2) is 0 Å². The van der Waals surface area contributed by atoms with Crippen LogP contribution in [0.4, 0.5) is 0 Å². The minimum absolute atomic E-state index is 1.04. The Morgan fingerprint density at radius 1 is 1.67 bits per heavy atom. The highest BCUT2D eigenvalue weighted by Gasteiger charge is 2.18. The molecule has 0 spiro atoms. The van der Waals surface area contributed by atoms with Crippen molar-refractivity contribution in [3.05, 3.63) is 0 Å². The van der Waals surface area contributed by atoms with Crippen molar-refractivity contribution >= 4 is 11.8 Å². The maximum atomic E-state index is 10.3. The second-order valence-corrected chi connectivity index (χ2v) is 1.52. The monoisotopic (exact) mass is 127 g/mol. The maximum Gasteiger partial charge on any atom is 0.373 e. The Bertz CT molecular complexity index is 179. The Morgan fingerprint density at radius 3 is 2.22 bits per heavy atom. The van der Waals surface area contributed by atoms with Gasteiger partial charge in [-0.1, -0.05) is 0 Å². The normalized spacial score (nSPS) is 11.6. The van der Waals surface area contributed by atoms with Gasteiger partial charge in [-0.3, -0.25) is 4.79 Å². The number of aliphatic carboxylic acids is 1. The first-order chi connectivity index (χ1) is 4.09. The lowest BCUT2D eigenvalue weighted by Gasteiger charge is -1.91. The Hall–Kier alpha value is -1.37. The quantitative estimate of drug-likeness (QED) is 0.521. The van der Waals surface area contributed by atoms with Gasteiger partial charge in [-0.25, -0.2) is 4.79 Å². The summed E-state index contributed by atoms with van der Waals surface area (Å²) in [6.07, 6.45) is 0.